The van der Waals surface area contributed by atoms with E-state index in [9.17, 15) is 4.79 Å². The van der Waals surface area contributed by atoms with Crippen LogP contribution < -0.4 is 0 Å². The fraction of sp³-hybridized carbons (Fsp3) is 0.300. The van der Waals surface area contributed by atoms with E-state index in [1.165, 1.54) is 0 Å². The molecule has 1 saturated heterocycles. The Morgan fingerprint density at radius 1 is 1.32 bits per heavy atom. The summed E-state index contributed by atoms with van der Waals surface area (Å²) in [5.41, 5.74) is 1.63. The Balaban J connectivity index is 1.54. The van der Waals surface area contributed by atoms with Crippen LogP contribution in [0.5, 0.6) is 0 Å². The van der Waals surface area contributed by atoms with Gasteiger partial charge in [0.25, 0.3) is 5.91 Å². The van der Waals surface area contributed by atoms with Gasteiger partial charge in [-0.3, -0.25) is 4.79 Å². The molecule has 1 fully saturated rings. The molecule has 0 saturated carbocycles. The van der Waals surface area contributed by atoms with Crippen molar-refractivity contribution in [2.24, 2.45) is 0 Å². The highest BCUT2D eigenvalue weighted by molar-refractivity contribution is 5.95. The van der Waals surface area contributed by atoms with Gasteiger partial charge in [0.15, 0.2) is 0 Å². The van der Waals surface area contributed by atoms with E-state index < -0.39 is 0 Å². The van der Waals surface area contributed by atoms with Gasteiger partial charge in [-0.05, 0) is 44.0 Å². The van der Waals surface area contributed by atoms with Crippen LogP contribution in [0.1, 0.15) is 40.7 Å². The highest BCUT2D eigenvalue weighted by Crippen LogP contribution is 2.27. The molecular weight excluding hydrogens is 314 g/mol. The summed E-state index contributed by atoms with van der Waals surface area (Å²) in [5, 5.41) is 0. The number of imidazole rings is 1. The highest BCUT2D eigenvalue weighted by atomic mass is 16.3. The van der Waals surface area contributed by atoms with E-state index >= 15 is 0 Å². The second kappa shape index (κ2) is 6.59. The number of amides is 1. The SMILES string of the molecule is Cc1ccc(-c2cccc(C(=O)N3CCC[C@@H](c4ncc[nH]4)C3)c2)o1. The van der Waals surface area contributed by atoms with Gasteiger partial charge in [0, 0.05) is 42.5 Å². The van der Waals surface area contributed by atoms with Crippen molar-refractivity contribution in [2.75, 3.05) is 13.1 Å². The van der Waals surface area contributed by atoms with E-state index in [4.69, 9.17) is 4.42 Å². The summed E-state index contributed by atoms with van der Waals surface area (Å²) < 4.78 is 5.68. The maximum Gasteiger partial charge on any atom is 0.253 e. The third-order valence-electron chi connectivity index (χ3n) is 4.75. The van der Waals surface area contributed by atoms with Gasteiger partial charge in [0.1, 0.15) is 17.3 Å². The number of carbonyl (C=O) groups is 1. The molecule has 128 valence electrons. The van der Waals surface area contributed by atoms with Crippen LogP contribution in [0.4, 0.5) is 0 Å². The molecule has 0 radical (unpaired) electrons. The van der Waals surface area contributed by atoms with E-state index in [0.29, 0.717) is 12.1 Å². The van der Waals surface area contributed by atoms with Crippen molar-refractivity contribution >= 4 is 5.91 Å². The molecule has 1 amide bonds. The van der Waals surface area contributed by atoms with Gasteiger partial charge in [0.2, 0.25) is 0 Å². The third kappa shape index (κ3) is 3.22. The number of H-pyrrole nitrogens is 1. The van der Waals surface area contributed by atoms with Crippen molar-refractivity contribution in [3.63, 3.8) is 0 Å². The summed E-state index contributed by atoms with van der Waals surface area (Å²) in [6.07, 6.45) is 5.66. The number of aromatic amines is 1. The Morgan fingerprint density at radius 3 is 3.00 bits per heavy atom. The van der Waals surface area contributed by atoms with Crippen molar-refractivity contribution in [3.8, 4) is 11.3 Å². The molecule has 0 spiro atoms. The molecule has 1 aromatic carbocycles. The van der Waals surface area contributed by atoms with Gasteiger partial charge in [-0.1, -0.05) is 12.1 Å². The first-order chi connectivity index (χ1) is 12.2. The third-order valence-corrected chi connectivity index (χ3v) is 4.75. The number of hydrogen-bond acceptors (Lipinski definition) is 3. The zero-order valence-electron chi connectivity index (χ0n) is 14.2. The van der Waals surface area contributed by atoms with Gasteiger partial charge < -0.3 is 14.3 Å². The Kier molecular flexibility index (Phi) is 4.14. The maximum absolute atomic E-state index is 13.0. The molecule has 0 aliphatic carbocycles. The number of hydrogen-bond donors (Lipinski definition) is 1. The average Bonchev–Trinajstić information content (AvgIpc) is 3.33. The monoisotopic (exact) mass is 335 g/mol. The number of benzene rings is 1. The number of nitrogens with zero attached hydrogens (tertiary/aromatic N) is 2. The summed E-state index contributed by atoms with van der Waals surface area (Å²) in [7, 11) is 0. The lowest BCUT2D eigenvalue weighted by Crippen LogP contribution is -2.39. The molecule has 0 bridgehead atoms. The van der Waals surface area contributed by atoms with Crippen LogP contribution in [0.3, 0.4) is 0 Å². The Bertz CT molecular complexity index is 867. The van der Waals surface area contributed by atoms with E-state index in [0.717, 1.165) is 42.3 Å². The number of nitrogens with one attached hydrogen (secondary N) is 1. The lowest BCUT2D eigenvalue weighted by molar-refractivity contribution is 0.0705. The van der Waals surface area contributed by atoms with Crippen molar-refractivity contribution in [1.29, 1.82) is 0 Å². The number of carbonyl (C=O) groups excluding carboxylic acids is 1. The van der Waals surface area contributed by atoms with Crippen LogP contribution in [-0.4, -0.2) is 33.9 Å². The predicted octanol–water partition coefficient (Wildman–Crippen LogP) is 4.00. The lowest BCUT2D eigenvalue weighted by atomic mass is 9.96. The standard InChI is InChI=1S/C20H21N3O2/c1-14-7-8-18(25-14)15-4-2-5-16(12-15)20(24)23-11-3-6-17(13-23)19-21-9-10-22-19/h2,4-5,7-10,12,17H,3,6,11,13H2,1H3,(H,21,22)/t17-/m1/s1. The molecule has 3 heterocycles. The predicted molar refractivity (Wildman–Crippen MR) is 95.3 cm³/mol. The number of likely N-dealkylation sites (tertiary alicyclic amines) is 1. The summed E-state index contributed by atoms with van der Waals surface area (Å²) in [5.74, 6) is 2.98. The number of rotatable bonds is 3. The molecule has 1 aliphatic rings. The second-order valence-corrected chi connectivity index (χ2v) is 6.56. The first-order valence-electron chi connectivity index (χ1n) is 8.66. The quantitative estimate of drug-likeness (QED) is 0.787. The topological polar surface area (TPSA) is 62.1 Å². The molecule has 1 atom stereocenters. The van der Waals surface area contributed by atoms with Crippen molar-refractivity contribution in [2.45, 2.75) is 25.7 Å². The van der Waals surface area contributed by atoms with Crippen LogP contribution >= 0.6 is 0 Å². The zero-order valence-corrected chi connectivity index (χ0v) is 14.2. The summed E-state index contributed by atoms with van der Waals surface area (Å²) >= 11 is 0. The summed E-state index contributed by atoms with van der Waals surface area (Å²) in [6, 6.07) is 11.5. The van der Waals surface area contributed by atoms with E-state index in [-0.39, 0.29) is 11.8 Å². The van der Waals surface area contributed by atoms with Gasteiger partial charge in [-0.15, -0.1) is 0 Å². The molecule has 2 aromatic heterocycles. The van der Waals surface area contributed by atoms with Crippen molar-refractivity contribution in [3.05, 3.63) is 65.9 Å². The van der Waals surface area contributed by atoms with Crippen molar-refractivity contribution < 1.29 is 9.21 Å². The largest absolute Gasteiger partial charge is 0.461 e. The van der Waals surface area contributed by atoms with E-state index in [1.54, 1.807) is 6.20 Å². The van der Waals surface area contributed by atoms with Gasteiger partial charge in [0.05, 0.1) is 0 Å². The zero-order chi connectivity index (χ0) is 17.2. The molecule has 4 rings (SSSR count). The molecule has 5 nitrogen and oxygen atoms in total. The molecule has 0 unspecified atom stereocenters. The molecule has 25 heavy (non-hydrogen) atoms. The number of furan rings is 1. The Morgan fingerprint density at radius 2 is 2.24 bits per heavy atom. The lowest BCUT2D eigenvalue weighted by Gasteiger charge is -2.32. The van der Waals surface area contributed by atoms with Crippen LogP contribution in [0, 0.1) is 6.92 Å². The van der Waals surface area contributed by atoms with E-state index in [2.05, 4.69) is 9.97 Å². The Labute approximate surface area is 146 Å². The maximum atomic E-state index is 13.0. The normalized spacial score (nSPS) is 17.6. The first-order valence-corrected chi connectivity index (χ1v) is 8.66. The summed E-state index contributed by atoms with van der Waals surface area (Å²) in [6.45, 7) is 3.41. The van der Waals surface area contributed by atoms with Crippen LogP contribution in [0.15, 0.2) is 53.2 Å². The minimum Gasteiger partial charge on any atom is -0.461 e. The fourth-order valence-electron chi connectivity index (χ4n) is 3.46. The number of aryl methyl sites for hydroxylation is 1. The highest BCUT2D eigenvalue weighted by Gasteiger charge is 2.27. The van der Waals surface area contributed by atoms with Gasteiger partial charge in [-0.2, -0.15) is 0 Å². The molecule has 1 N–H and O–H groups in total. The first kappa shape index (κ1) is 15.7. The second-order valence-electron chi connectivity index (χ2n) is 6.56. The molecule has 1 aliphatic heterocycles. The minimum atomic E-state index is 0.0707. The molecule has 5 heteroatoms. The van der Waals surface area contributed by atoms with Gasteiger partial charge >= 0.3 is 0 Å². The average molecular weight is 335 g/mol. The smallest absolute Gasteiger partial charge is 0.253 e. The summed E-state index contributed by atoms with van der Waals surface area (Å²) in [4.78, 5) is 22.4. The number of aromatic nitrogens is 2. The number of piperidine rings is 1. The molecular formula is C20H21N3O2. The van der Waals surface area contributed by atoms with Crippen LogP contribution in [-0.2, 0) is 0 Å². The fourth-order valence-corrected chi connectivity index (χ4v) is 3.46. The Hall–Kier alpha value is -2.82. The van der Waals surface area contributed by atoms with Crippen molar-refractivity contribution in [1.82, 2.24) is 14.9 Å². The molecule has 3 aromatic rings. The van der Waals surface area contributed by atoms with Crippen LogP contribution in [0.25, 0.3) is 11.3 Å². The van der Waals surface area contributed by atoms with Gasteiger partial charge in [-0.25, -0.2) is 4.98 Å². The van der Waals surface area contributed by atoms with E-state index in [1.807, 2.05) is 54.4 Å². The van der Waals surface area contributed by atoms with Crippen LogP contribution in [0.2, 0.25) is 0 Å². The minimum absolute atomic E-state index is 0.0707.